The zero-order valence-electron chi connectivity index (χ0n) is 27.4. The number of nitrogens with one attached hydrogen (secondary N) is 1. The van der Waals surface area contributed by atoms with E-state index in [1.807, 2.05) is 0 Å². The second-order valence-electron chi connectivity index (χ2n) is 10.0. The van der Waals surface area contributed by atoms with E-state index < -0.39 is 5.97 Å². The maximum atomic E-state index is 11.7. The maximum absolute atomic E-state index is 11.7. The molecule has 12 nitrogen and oxygen atoms in total. The van der Waals surface area contributed by atoms with Crippen molar-refractivity contribution in [3.8, 4) is 23.0 Å². The van der Waals surface area contributed by atoms with E-state index in [-0.39, 0.29) is 29.8 Å². The number of ketones is 2. The number of methoxy groups -OCH3 is 4. The number of Topliss-reactive ketones (excluding diaryl/α,β-unsaturated/α-hetero) is 2. The molecule has 0 bridgehead atoms. The number of hydrogen-bond acceptors (Lipinski definition) is 11. The third-order valence-electron chi connectivity index (χ3n) is 6.58. The van der Waals surface area contributed by atoms with Gasteiger partial charge in [0.25, 0.3) is 0 Å². The molecule has 0 radical (unpaired) electrons. The summed E-state index contributed by atoms with van der Waals surface area (Å²) >= 11 is 0. The molecule has 5 N–H and O–H groups in total. The molecule has 2 aromatic rings. The molecule has 0 saturated heterocycles. The van der Waals surface area contributed by atoms with Gasteiger partial charge in [0, 0.05) is 46.4 Å². The van der Waals surface area contributed by atoms with Crippen molar-refractivity contribution >= 4 is 34.8 Å². The predicted molar refractivity (Wildman–Crippen MR) is 174 cm³/mol. The lowest BCUT2D eigenvalue weighted by atomic mass is 10.00. The van der Waals surface area contributed by atoms with Gasteiger partial charge < -0.3 is 40.5 Å². The summed E-state index contributed by atoms with van der Waals surface area (Å²) < 4.78 is 26.4. The zero-order chi connectivity index (χ0) is 34.4. The minimum Gasteiger partial charge on any atom is -0.496 e. The van der Waals surface area contributed by atoms with Gasteiger partial charge in [-0.3, -0.25) is 14.4 Å². The third-order valence-corrected chi connectivity index (χ3v) is 6.58. The van der Waals surface area contributed by atoms with Crippen molar-refractivity contribution in [1.29, 1.82) is 0 Å². The fraction of sp³-hybridized carbons (Fsp3) is 0.394. The Labute approximate surface area is 264 Å². The van der Waals surface area contributed by atoms with Crippen LogP contribution in [0, 0.1) is 0 Å². The van der Waals surface area contributed by atoms with Gasteiger partial charge in [-0.05, 0) is 52.7 Å². The summed E-state index contributed by atoms with van der Waals surface area (Å²) in [5.74, 6) is 0.835. The molecule has 246 valence electrons. The topological polar surface area (TPSA) is 178 Å². The Morgan fingerprint density at radius 2 is 1.16 bits per heavy atom. The molecule has 2 aromatic carbocycles. The Morgan fingerprint density at radius 1 is 0.711 bits per heavy atom. The second-order valence-corrected chi connectivity index (χ2v) is 10.0. The van der Waals surface area contributed by atoms with Crippen molar-refractivity contribution in [3.63, 3.8) is 0 Å². The van der Waals surface area contributed by atoms with Crippen LogP contribution in [0.1, 0.15) is 66.0 Å². The van der Waals surface area contributed by atoms with Crippen molar-refractivity contribution in [2.75, 3.05) is 53.1 Å². The Kier molecular flexibility index (Phi) is 15.2. The highest BCUT2D eigenvalue weighted by atomic mass is 16.5. The summed E-state index contributed by atoms with van der Waals surface area (Å²) in [5, 5.41) is 2.77. The van der Waals surface area contributed by atoms with Crippen molar-refractivity contribution in [1.82, 2.24) is 5.32 Å². The van der Waals surface area contributed by atoms with Crippen molar-refractivity contribution in [2.45, 2.75) is 47.0 Å². The lowest BCUT2D eigenvalue weighted by Gasteiger charge is -2.17. The molecule has 0 atom stereocenters. The van der Waals surface area contributed by atoms with Crippen LogP contribution < -0.4 is 35.7 Å². The summed E-state index contributed by atoms with van der Waals surface area (Å²) in [6, 6.07) is 3.19. The third kappa shape index (κ3) is 10.3. The molecule has 0 aliphatic heterocycles. The number of nitrogen functional groups attached to an aromatic ring is 2. The number of rotatable bonds is 15. The monoisotopic (exact) mass is 627 g/mol. The average Bonchev–Trinajstić information content (AvgIpc) is 2.99. The number of carbonyl (C=O) groups excluding carboxylic acids is 4. The highest BCUT2D eigenvalue weighted by Gasteiger charge is 2.21. The van der Waals surface area contributed by atoms with Gasteiger partial charge in [-0.2, -0.15) is 0 Å². The van der Waals surface area contributed by atoms with Crippen LogP contribution in [0.15, 0.2) is 36.4 Å². The van der Waals surface area contributed by atoms with Gasteiger partial charge in [0.1, 0.15) is 23.0 Å². The Hall–Kier alpha value is -5.00. The molecule has 45 heavy (non-hydrogen) atoms. The highest BCUT2D eigenvalue weighted by molar-refractivity contribution is 6.02. The molecule has 0 aromatic heterocycles. The molecular formula is C33H45N3O9. The molecule has 0 heterocycles. The molecular weight excluding hydrogens is 582 g/mol. The van der Waals surface area contributed by atoms with Crippen LogP contribution in [0.5, 0.6) is 23.0 Å². The van der Waals surface area contributed by atoms with Crippen LogP contribution >= 0.6 is 0 Å². The Morgan fingerprint density at radius 3 is 1.51 bits per heavy atom. The number of carbonyl (C=O) groups is 4. The SMILES string of the molecule is C=C(C)C(=O)NCCCc1c(OC)cc(C(C)=O)c(N)c1OC.C=C(C)C(=O)OCCc1c(OC)cc(C(C)=O)c(N)c1OC. The average molecular weight is 628 g/mol. The predicted octanol–water partition coefficient (Wildman–Crippen LogP) is 4.26. The van der Waals surface area contributed by atoms with Crippen LogP contribution in [-0.2, 0) is 27.2 Å². The molecule has 0 saturated carbocycles. The first kappa shape index (κ1) is 38.0. The van der Waals surface area contributed by atoms with E-state index >= 15 is 0 Å². The highest BCUT2D eigenvalue weighted by Crippen LogP contribution is 2.39. The summed E-state index contributed by atoms with van der Waals surface area (Å²) in [4.78, 5) is 46.1. The molecule has 2 rings (SSSR count). The van der Waals surface area contributed by atoms with Gasteiger partial charge in [-0.25, -0.2) is 4.79 Å². The van der Waals surface area contributed by atoms with E-state index in [0.717, 1.165) is 5.56 Å². The summed E-state index contributed by atoms with van der Waals surface area (Å²) in [5.41, 5.74) is 15.5. The molecule has 0 fully saturated rings. The van der Waals surface area contributed by atoms with Crippen LogP contribution in [0.3, 0.4) is 0 Å². The van der Waals surface area contributed by atoms with Crippen LogP contribution in [0.4, 0.5) is 11.4 Å². The van der Waals surface area contributed by atoms with Crippen molar-refractivity contribution in [2.24, 2.45) is 0 Å². The molecule has 0 aliphatic rings. The summed E-state index contributed by atoms with van der Waals surface area (Å²) in [6.07, 6.45) is 1.60. The number of ether oxygens (including phenoxy) is 5. The van der Waals surface area contributed by atoms with E-state index in [9.17, 15) is 19.2 Å². The standard InChI is InChI=1S/C17H24N2O4.C16H21NO5/c1-10(2)17(21)19-8-6-7-12-14(22-4)9-13(11(3)20)15(18)16(12)23-5;1-9(2)16(19)22-7-6-11-13(20-4)8-12(10(3)18)14(17)15(11)21-5/h9H,1,6-8,18H2,2-5H3,(H,19,21);8H,1,6-7,17H2,2-5H3. The van der Waals surface area contributed by atoms with Crippen LogP contribution in [0.25, 0.3) is 0 Å². The second kappa shape index (κ2) is 18.0. The number of nitrogens with two attached hydrogens (primary N) is 2. The van der Waals surface area contributed by atoms with Gasteiger partial charge in [-0.15, -0.1) is 0 Å². The van der Waals surface area contributed by atoms with Gasteiger partial charge in [0.05, 0.1) is 46.4 Å². The number of anilines is 2. The fourth-order valence-electron chi connectivity index (χ4n) is 4.26. The maximum Gasteiger partial charge on any atom is 0.333 e. The fourth-order valence-corrected chi connectivity index (χ4v) is 4.26. The smallest absolute Gasteiger partial charge is 0.333 e. The van der Waals surface area contributed by atoms with E-state index in [0.29, 0.717) is 82.3 Å². The molecule has 1 amide bonds. The number of hydrogen-bond donors (Lipinski definition) is 3. The number of esters is 1. The largest absolute Gasteiger partial charge is 0.496 e. The zero-order valence-corrected chi connectivity index (χ0v) is 27.4. The first-order valence-electron chi connectivity index (χ1n) is 14.0. The molecule has 0 unspecified atom stereocenters. The van der Waals surface area contributed by atoms with Gasteiger partial charge in [0.2, 0.25) is 5.91 Å². The Balaban J connectivity index is 0.000000450. The quantitative estimate of drug-likeness (QED) is 0.0844. The van der Waals surface area contributed by atoms with Gasteiger partial charge in [0.15, 0.2) is 11.6 Å². The minimum absolute atomic E-state index is 0.122. The summed E-state index contributed by atoms with van der Waals surface area (Å²) in [6.45, 7) is 13.8. The molecule has 0 spiro atoms. The van der Waals surface area contributed by atoms with Crippen LogP contribution in [-0.4, -0.2) is 65.0 Å². The molecule has 0 aliphatic carbocycles. The first-order valence-corrected chi connectivity index (χ1v) is 14.0. The van der Waals surface area contributed by atoms with Crippen molar-refractivity contribution < 1.29 is 42.9 Å². The first-order chi connectivity index (χ1) is 21.2. The Bertz CT molecular complexity index is 1450. The van der Waals surface area contributed by atoms with Gasteiger partial charge >= 0.3 is 5.97 Å². The number of benzene rings is 2. The molecule has 12 heteroatoms. The lowest BCUT2D eigenvalue weighted by molar-refractivity contribution is -0.138. The van der Waals surface area contributed by atoms with E-state index in [4.69, 9.17) is 35.2 Å². The summed E-state index contributed by atoms with van der Waals surface area (Å²) in [7, 11) is 5.97. The van der Waals surface area contributed by atoms with E-state index in [1.165, 1.54) is 42.3 Å². The lowest BCUT2D eigenvalue weighted by Crippen LogP contribution is -2.25. The van der Waals surface area contributed by atoms with E-state index in [1.54, 1.807) is 26.0 Å². The van der Waals surface area contributed by atoms with Crippen molar-refractivity contribution in [3.05, 3.63) is 58.7 Å². The number of amides is 1. The van der Waals surface area contributed by atoms with Gasteiger partial charge in [-0.1, -0.05) is 13.2 Å². The van der Waals surface area contributed by atoms with Crippen LogP contribution in [0.2, 0.25) is 0 Å². The normalized spacial score (nSPS) is 10.0. The minimum atomic E-state index is -0.466. The van der Waals surface area contributed by atoms with E-state index in [2.05, 4.69) is 18.5 Å².